The predicted molar refractivity (Wildman–Crippen MR) is 48.2 cm³/mol. The third-order valence-corrected chi connectivity index (χ3v) is 1.92. The summed E-state index contributed by atoms with van der Waals surface area (Å²) in [5.74, 6) is -1.10. The van der Waals surface area contributed by atoms with Crippen LogP contribution in [0.1, 0.15) is 20.8 Å². The minimum Gasteiger partial charge on any atom is -0.432 e. The fourth-order valence-corrected chi connectivity index (χ4v) is 1.10. The van der Waals surface area contributed by atoms with Gasteiger partial charge in [-0.05, 0) is 0 Å². The first kappa shape index (κ1) is 10.5. The number of nitrogens with one attached hydrogen (secondary N) is 1. The van der Waals surface area contributed by atoms with E-state index in [9.17, 15) is 4.79 Å². The van der Waals surface area contributed by atoms with Crippen molar-refractivity contribution < 1.29 is 14.3 Å². The van der Waals surface area contributed by atoms with Gasteiger partial charge in [0.15, 0.2) is 0 Å². The fraction of sp³-hybridized carbons (Fsp3) is 0.889. The standard InChI is InChI=1S/C9H17NO3/c1-7(2)8(11)13-9(3)6-10-4-5-12-9/h7,10H,4-6H2,1-3H3. The van der Waals surface area contributed by atoms with Gasteiger partial charge in [0, 0.05) is 13.5 Å². The first-order valence-corrected chi connectivity index (χ1v) is 4.61. The minimum atomic E-state index is -0.778. The van der Waals surface area contributed by atoms with Gasteiger partial charge in [-0.3, -0.25) is 4.79 Å². The third-order valence-electron chi connectivity index (χ3n) is 1.92. The van der Waals surface area contributed by atoms with E-state index in [1.807, 2.05) is 13.8 Å². The summed E-state index contributed by atoms with van der Waals surface area (Å²) in [5.41, 5.74) is 0. The quantitative estimate of drug-likeness (QED) is 0.640. The molecule has 0 aromatic heterocycles. The molecule has 0 saturated carbocycles. The predicted octanol–water partition coefficient (Wildman–Crippen LogP) is 0.522. The van der Waals surface area contributed by atoms with Gasteiger partial charge in [0.2, 0.25) is 5.79 Å². The molecule has 0 radical (unpaired) electrons. The van der Waals surface area contributed by atoms with Gasteiger partial charge in [0.25, 0.3) is 0 Å². The Bertz CT molecular complexity index is 185. The first-order chi connectivity index (χ1) is 6.03. The second kappa shape index (κ2) is 4.07. The number of hydrogen-bond donors (Lipinski definition) is 1. The monoisotopic (exact) mass is 187 g/mol. The molecule has 0 aromatic carbocycles. The Morgan fingerprint density at radius 1 is 1.62 bits per heavy atom. The smallest absolute Gasteiger partial charge is 0.310 e. The molecule has 1 heterocycles. The molecule has 0 amide bonds. The summed E-state index contributed by atoms with van der Waals surface area (Å²) < 4.78 is 10.6. The Morgan fingerprint density at radius 3 is 2.77 bits per heavy atom. The van der Waals surface area contributed by atoms with Crippen LogP contribution in [0, 0.1) is 5.92 Å². The topological polar surface area (TPSA) is 47.6 Å². The maximum absolute atomic E-state index is 11.3. The lowest BCUT2D eigenvalue weighted by atomic mass is 10.2. The molecule has 0 aliphatic carbocycles. The largest absolute Gasteiger partial charge is 0.432 e. The molecular formula is C9H17NO3. The number of rotatable bonds is 2. The number of esters is 1. The van der Waals surface area contributed by atoms with Crippen molar-refractivity contribution in [3.8, 4) is 0 Å². The number of ether oxygens (including phenoxy) is 2. The molecule has 76 valence electrons. The Balaban J connectivity index is 2.45. The van der Waals surface area contributed by atoms with Gasteiger partial charge >= 0.3 is 5.97 Å². The van der Waals surface area contributed by atoms with Crippen LogP contribution in [0.25, 0.3) is 0 Å². The van der Waals surface area contributed by atoms with E-state index in [0.717, 1.165) is 6.54 Å². The average molecular weight is 187 g/mol. The van der Waals surface area contributed by atoms with E-state index in [0.29, 0.717) is 13.2 Å². The summed E-state index contributed by atoms with van der Waals surface area (Å²) in [7, 11) is 0. The van der Waals surface area contributed by atoms with Crippen molar-refractivity contribution in [1.82, 2.24) is 5.32 Å². The average Bonchev–Trinajstić information content (AvgIpc) is 2.04. The molecule has 4 nitrogen and oxygen atoms in total. The van der Waals surface area contributed by atoms with Crippen molar-refractivity contribution in [2.75, 3.05) is 19.7 Å². The van der Waals surface area contributed by atoms with Crippen LogP contribution in [0.3, 0.4) is 0 Å². The van der Waals surface area contributed by atoms with Crippen molar-refractivity contribution in [1.29, 1.82) is 0 Å². The maximum Gasteiger partial charge on any atom is 0.310 e. The Hall–Kier alpha value is -0.610. The van der Waals surface area contributed by atoms with E-state index in [4.69, 9.17) is 9.47 Å². The highest BCUT2D eigenvalue weighted by atomic mass is 16.7. The summed E-state index contributed by atoms with van der Waals surface area (Å²) in [5, 5.41) is 3.12. The molecule has 1 rings (SSSR count). The second-order valence-electron chi connectivity index (χ2n) is 3.73. The van der Waals surface area contributed by atoms with Crippen molar-refractivity contribution in [3.05, 3.63) is 0 Å². The van der Waals surface area contributed by atoms with Crippen molar-refractivity contribution >= 4 is 5.97 Å². The Labute approximate surface area is 78.6 Å². The van der Waals surface area contributed by atoms with Crippen molar-refractivity contribution in [2.45, 2.75) is 26.6 Å². The molecule has 1 N–H and O–H groups in total. The zero-order valence-corrected chi connectivity index (χ0v) is 8.42. The molecule has 1 unspecified atom stereocenters. The molecule has 0 spiro atoms. The molecule has 13 heavy (non-hydrogen) atoms. The molecule has 4 heteroatoms. The molecule has 1 atom stereocenters. The number of carbonyl (C=O) groups excluding carboxylic acids is 1. The van der Waals surface area contributed by atoms with E-state index in [1.54, 1.807) is 6.92 Å². The third kappa shape index (κ3) is 2.97. The van der Waals surface area contributed by atoms with Gasteiger partial charge in [-0.1, -0.05) is 13.8 Å². The zero-order valence-electron chi connectivity index (χ0n) is 8.42. The Kier molecular flexibility index (Phi) is 3.27. The highest BCUT2D eigenvalue weighted by Gasteiger charge is 2.32. The highest BCUT2D eigenvalue weighted by Crippen LogP contribution is 2.16. The molecule has 1 aliphatic rings. The first-order valence-electron chi connectivity index (χ1n) is 4.61. The summed E-state index contributed by atoms with van der Waals surface area (Å²) in [6, 6.07) is 0. The molecule has 0 aromatic rings. The van der Waals surface area contributed by atoms with E-state index >= 15 is 0 Å². The van der Waals surface area contributed by atoms with Gasteiger partial charge in [-0.25, -0.2) is 0 Å². The number of hydrogen-bond acceptors (Lipinski definition) is 4. The highest BCUT2D eigenvalue weighted by molar-refractivity contribution is 5.71. The molecule has 0 bridgehead atoms. The Morgan fingerprint density at radius 2 is 2.31 bits per heavy atom. The van der Waals surface area contributed by atoms with Gasteiger partial charge in [0.05, 0.1) is 19.1 Å². The van der Waals surface area contributed by atoms with Crippen LogP contribution in [0.5, 0.6) is 0 Å². The SMILES string of the molecule is CC(C)C(=O)OC1(C)CNCCO1. The lowest BCUT2D eigenvalue weighted by molar-refractivity contribution is -0.232. The minimum absolute atomic E-state index is 0.109. The van der Waals surface area contributed by atoms with Crippen LogP contribution in [0.15, 0.2) is 0 Å². The van der Waals surface area contributed by atoms with Crippen molar-refractivity contribution in [3.63, 3.8) is 0 Å². The second-order valence-corrected chi connectivity index (χ2v) is 3.73. The maximum atomic E-state index is 11.3. The van der Waals surface area contributed by atoms with Gasteiger partial charge < -0.3 is 14.8 Å². The van der Waals surface area contributed by atoms with Crippen LogP contribution < -0.4 is 5.32 Å². The summed E-state index contributed by atoms with van der Waals surface area (Å²) in [6.45, 7) is 7.35. The van der Waals surface area contributed by atoms with Gasteiger partial charge in [-0.15, -0.1) is 0 Å². The van der Waals surface area contributed by atoms with Crippen LogP contribution in [0.2, 0.25) is 0 Å². The molecule has 1 saturated heterocycles. The van der Waals surface area contributed by atoms with Gasteiger partial charge in [0.1, 0.15) is 0 Å². The van der Waals surface area contributed by atoms with Gasteiger partial charge in [-0.2, -0.15) is 0 Å². The van der Waals surface area contributed by atoms with Crippen LogP contribution in [-0.2, 0) is 14.3 Å². The zero-order chi connectivity index (χ0) is 9.90. The van der Waals surface area contributed by atoms with E-state index in [2.05, 4.69) is 5.32 Å². The van der Waals surface area contributed by atoms with Crippen molar-refractivity contribution in [2.24, 2.45) is 5.92 Å². The fourth-order valence-electron chi connectivity index (χ4n) is 1.10. The summed E-state index contributed by atoms with van der Waals surface area (Å²) in [4.78, 5) is 11.3. The molecule has 1 aliphatic heterocycles. The molecular weight excluding hydrogens is 170 g/mol. The van der Waals surface area contributed by atoms with E-state index in [-0.39, 0.29) is 11.9 Å². The van der Waals surface area contributed by atoms with Crippen LogP contribution in [-0.4, -0.2) is 31.5 Å². The number of morpholine rings is 1. The normalized spacial score (nSPS) is 28.9. The van der Waals surface area contributed by atoms with Crippen LogP contribution in [0.4, 0.5) is 0 Å². The van der Waals surface area contributed by atoms with E-state index in [1.165, 1.54) is 0 Å². The van der Waals surface area contributed by atoms with E-state index < -0.39 is 5.79 Å². The van der Waals surface area contributed by atoms with Crippen LogP contribution >= 0.6 is 0 Å². The number of carbonyl (C=O) groups is 1. The lowest BCUT2D eigenvalue weighted by Crippen LogP contribution is -2.50. The molecule has 1 fully saturated rings. The summed E-state index contributed by atoms with van der Waals surface area (Å²) >= 11 is 0. The summed E-state index contributed by atoms with van der Waals surface area (Å²) in [6.07, 6.45) is 0. The lowest BCUT2D eigenvalue weighted by Gasteiger charge is -2.34.